The highest BCUT2D eigenvalue weighted by Crippen LogP contribution is 2.38. The molecule has 1 aromatic heterocycles. The molecule has 0 saturated carbocycles. The first-order valence-corrected chi connectivity index (χ1v) is 9.25. The van der Waals surface area contributed by atoms with Crippen molar-refractivity contribution in [2.24, 2.45) is 0 Å². The van der Waals surface area contributed by atoms with Crippen molar-refractivity contribution in [3.05, 3.63) is 54.1 Å². The first-order chi connectivity index (χ1) is 13.5. The number of fused-ring (bicyclic) bond motifs is 1. The highest BCUT2D eigenvalue weighted by atomic mass is 32.1. The van der Waals surface area contributed by atoms with Gasteiger partial charge in [-0.05, 0) is 30.2 Å². The van der Waals surface area contributed by atoms with Crippen molar-refractivity contribution >= 4 is 23.4 Å². The Morgan fingerprint density at radius 1 is 1.00 bits per heavy atom. The molecule has 4 rings (SSSR count). The van der Waals surface area contributed by atoms with E-state index in [4.69, 9.17) is 4.74 Å². The van der Waals surface area contributed by atoms with Crippen LogP contribution in [0.25, 0.3) is 27.8 Å². The molecule has 0 atom stereocenters. The molecule has 0 unspecified atom stereocenters. The Kier molecular flexibility index (Phi) is 4.60. The van der Waals surface area contributed by atoms with Gasteiger partial charge in [-0.25, -0.2) is 0 Å². The Morgan fingerprint density at radius 2 is 1.75 bits per heavy atom. The molecule has 0 fully saturated rings. The number of ether oxygens (including phenoxy) is 1. The van der Waals surface area contributed by atoms with Gasteiger partial charge in [0, 0.05) is 16.8 Å². The van der Waals surface area contributed by atoms with E-state index < -0.39 is 0 Å². The second-order valence-electron chi connectivity index (χ2n) is 6.34. The van der Waals surface area contributed by atoms with Gasteiger partial charge in [0.05, 0.1) is 18.4 Å². The van der Waals surface area contributed by atoms with E-state index in [0.717, 1.165) is 22.2 Å². The molecule has 6 nitrogen and oxygen atoms in total. The number of aryl methyl sites for hydroxylation is 1. The van der Waals surface area contributed by atoms with Crippen LogP contribution in [0.2, 0.25) is 0 Å². The van der Waals surface area contributed by atoms with E-state index in [1.807, 2.05) is 43.3 Å². The Bertz CT molecular complexity index is 1190. The standard InChI is InChI=1S/C21H19N3O3S/c1-3-12-10-15(18(26)11-17(12)25)20-22-23-21(28)24(20)16-8-9-19(27-2)14-7-5-4-6-13(14)16/h4-11,25-26H,3H2,1-2H3,(H,23,28). The molecule has 0 aliphatic heterocycles. The lowest BCUT2D eigenvalue weighted by molar-refractivity contribution is 0.420. The van der Waals surface area contributed by atoms with Gasteiger partial charge in [-0.1, -0.05) is 31.2 Å². The summed E-state index contributed by atoms with van der Waals surface area (Å²) in [5, 5.41) is 31.1. The number of phenols is 2. The third kappa shape index (κ3) is 2.84. The Morgan fingerprint density at radius 3 is 2.46 bits per heavy atom. The number of aromatic nitrogens is 3. The van der Waals surface area contributed by atoms with E-state index >= 15 is 0 Å². The van der Waals surface area contributed by atoms with Crippen LogP contribution >= 0.6 is 12.6 Å². The topological polar surface area (TPSA) is 80.4 Å². The number of aromatic hydroxyl groups is 2. The lowest BCUT2D eigenvalue weighted by Gasteiger charge is -2.15. The molecule has 7 heteroatoms. The maximum atomic E-state index is 10.5. The molecular weight excluding hydrogens is 374 g/mol. The summed E-state index contributed by atoms with van der Waals surface area (Å²) in [4.78, 5) is 0. The average Bonchev–Trinajstić information content (AvgIpc) is 3.08. The van der Waals surface area contributed by atoms with Gasteiger partial charge < -0.3 is 14.9 Å². The fourth-order valence-electron chi connectivity index (χ4n) is 3.39. The third-order valence-electron chi connectivity index (χ3n) is 4.79. The van der Waals surface area contributed by atoms with E-state index in [1.165, 1.54) is 6.07 Å². The van der Waals surface area contributed by atoms with Crippen molar-refractivity contribution in [1.82, 2.24) is 14.8 Å². The molecule has 28 heavy (non-hydrogen) atoms. The Balaban J connectivity index is 2.01. The van der Waals surface area contributed by atoms with Crippen LogP contribution in [0.4, 0.5) is 0 Å². The second kappa shape index (κ2) is 7.09. The first-order valence-electron chi connectivity index (χ1n) is 8.80. The van der Waals surface area contributed by atoms with Crippen LogP contribution in [0.3, 0.4) is 0 Å². The summed E-state index contributed by atoms with van der Waals surface area (Å²) >= 11 is 4.49. The smallest absolute Gasteiger partial charge is 0.193 e. The summed E-state index contributed by atoms with van der Waals surface area (Å²) in [6, 6.07) is 14.7. The third-order valence-corrected chi connectivity index (χ3v) is 5.08. The van der Waals surface area contributed by atoms with Crippen LogP contribution in [0.15, 0.2) is 53.7 Å². The summed E-state index contributed by atoms with van der Waals surface area (Å²) in [7, 11) is 1.64. The second-order valence-corrected chi connectivity index (χ2v) is 6.74. The number of rotatable bonds is 4. The zero-order valence-corrected chi connectivity index (χ0v) is 16.3. The van der Waals surface area contributed by atoms with Crippen LogP contribution in [0.1, 0.15) is 12.5 Å². The molecule has 0 amide bonds. The number of hydrogen-bond acceptors (Lipinski definition) is 6. The van der Waals surface area contributed by atoms with E-state index in [1.54, 1.807) is 17.7 Å². The molecule has 4 aromatic rings. The summed E-state index contributed by atoms with van der Waals surface area (Å²) in [5.74, 6) is 1.17. The summed E-state index contributed by atoms with van der Waals surface area (Å²) in [5.41, 5.74) is 2.00. The molecule has 2 N–H and O–H groups in total. The normalized spacial score (nSPS) is 11.1. The van der Waals surface area contributed by atoms with Gasteiger partial charge in [-0.15, -0.1) is 22.8 Å². The van der Waals surface area contributed by atoms with Gasteiger partial charge in [0.15, 0.2) is 11.0 Å². The first kappa shape index (κ1) is 18.2. The number of phenolic OH excluding ortho intramolecular Hbond substituents is 2. The van der Waals surface area contributed by atoms with Gasteiger partial charge in [-0.2, -0.15) is 0 Å². The van der Waals surface area contributed by atoms with Crippen molar-refractivity contribution < 1.29 is 14.9 Å². The monoisotopic (exact) mass is 393 g/mol. The number of nitrogens with zero attached hydrogens (tertiary/aromatic N) is 3. The number of thiol groups is 1. The predicted octanol–water partition coefficient (Wildman–Crippen LogP) is 4.36. The minimum absolute atomic E-state index is 0.0517. The number of methoxy groups -OCH3 is 1. The molecular formula is C21H19N3O3S. The Hall–Kier alpha value is -3.19. The van der Waals surface area contributed by atoms with Crippen molar-refractivity contribution in [2.75, 3.05) is 7.11 Å². The van der Waals surface area contributed by atoms with Crippen molar-refractivity contribution in [3.8, 4) is 34.3 Å². The fourth-order valence-corrected chi connectivity index (χ4v) is 3.63. The van der Waals surface area contributed by atoms with Crippen molar-refractivity contribution in [3.63, 3.8) is 0 Å². The SMILES string of the molecule is CCc1cc(-c2nnc(S)n2-c2ccc(OC)c3ccccc23)c(O)cc1O. The van der Waals surface area contributed by atoms with Crippen molar-refractivity contribution in [2.45, 2.75) is 18.5 Å². The summed E-state index contributed by atoms with van der Waals surface area (Å²) in [6.45, 7) is 1.93. The van der Waals surface area contributed by atoms with Crippen LogP contribution < -0.4 is 4.74 Å². The summed E-state index contributed by atoms with van der Waals surface area (Å²) < 4.78 is 7.25. The highest BCUT2D eigenvalue weighted by molar-refractivity contribution is 7.80. The lowest BCUT2D eigenvalue weighted by Crippen LogP contribution is -2.01. The molecule has 0 bridgehead atoms. The minimum Gasteiger partial charge on any atom is -0.508 e. The molecule has 0 spiro atoms. The molecule has 0 radical (unpaired) electrons. The number of benzene rings is 3. The molecule has 0 saturated heterocycles. The molecule has 3 aromatic carbocycles. The van der Waals surface area contributed by atoms with Gasteiger partial charge in [0.1, 0.15) is 17.2 Å². The van der Waals surface area contributed by atoms with Crippen LogP contribution in [0, 0.1) is 0 Å². The maximum absolute atomic E-state index is 10.5. The lowest BCUT2D eigenvalue weighted by atomic mass is 10.0. The van der Waals surface area contributed by atoms with E-state index in [-0.39, 0.29) is 11.5 Å². The zero-order valence-electron chi connectivity index (χ0n) is 15.4. The highest BCUT2D eigenvalue weighted by Gasteiger charge is 2.20. The minimum atomic E-state index is -0.0745. The quantitative estimate of drug-likeness (QED) is 0.449. The average molecular weight is 393 g/mol. The molecule has 142 valence electrons. The fraction of sp³-hybridized carbons (Fsp3) is 0.143. The maximum Gasteiger partial charge on any atom is 0.193 e. The van der Waals surface area contributed by atoms with E-state index in [9.17, 15) is 10.2 Å². The summed E-state index contributed by atoms with van der Waals surface area (Å²) in [6.07, 6.45) is 0.618. The zero-order chi connectivity index (χ0) is 19.8. The van der Waals surface area contributed by atoms with Gasteiger partial charge in [0.25, 0.3) is 0 Å². The van der Waals surface area contributed by atoms with Gasteiger partial charge >= 0.3 is 0 Å². The van der Waals surface area contributed by atoms with Gasteiger partial charge in [0.2, 0.25) is 0 Å². The number of hydrogen-bond donors (Lipinski definition) is 3. The predicted molar refractivity (Wildman–Crippen MR) is 111 cm³/mol. The van der Waals surface area contributed by atoms with E-state index in [2.05, 4.69) is 22.8 Å². The molecule has 0 aliphatic carbocycles. The van der Waals surface area contributed by atoms with Crippen LogP contribution in [-0.4, -0.2) is 32.1 Å². The van der Waals surface area contributed by atoms with Crippen LogP contribution in [0.5, 0.6) is 17.2 Å². The van der Waals surface area contributed by atoms with Crippen LogP contribution in [-0.2, 0) is 6.42 Å². The van der Waals surface area contributed by atoms with Crippen molar-refractivity contribution in [1.29, 1.82) is 0 Å². The molecule has 1 heterocycles. The van der Waals surface area contributed by atoms with E-state index in [0.29, 0.717) is 28.5 Å². The Labute approximate surface area is 167 Å². The van der Waals surface area contributed by atoms with Gasteiger partial charge in [-0.3, -0.25) is 4.57 Å². The largest absolute Gasteiger partial charge is 0.508 e. The molecule has 0 aliphatic rings.